The van der Waals surface area contributed by atoms with Gasteiger partial charge in [-0.05, 0) is 48.4 Å². The molecule has 0 unspecified atom stereocenters. The van der Waals surface area contributed by atoms with E-state index in [4.69, 9.17) is 14.2 Å². The van der Waals surface area contributed by atoms with E-state index in [1.54, 1.807) is 21.3 Å². The highest BCUT2D eigenvalue weighted by Gasteiger charge is 2.08. The molecular formula is C19H25NO4. The number of methoxy groups -OCH3 is 3. The lowest BCUT2D eigenvalue weighted by Gasteiger charge is -2.13. The number of hydrogen-bond acceptors (Lipinski definition) is 5. The Labute approximate surface area is 143 Å². The first-order chi connectivity index (χ1) is 11.7. The van der Waals surface area contributed by atoms with Gasteiger partial charge in [-0.1, -0.05) is 18.2 Å². The molecule has 2 aromatic carbocycles. The molecule has 0 aliphatic heterocycles. The number of aliphatic hydroxyl groups excluding tert-OH is 1. The van der Waals surface area contributed by atoms with Crippen molar-refractivity contribution >= 4 is 0 Å². The second-order valence-corrected chi connectivity index (χ2v) is 5.43. The minimum Gasteiger partial charge on any atom is -0.497 e. The molecule has 0 aliphatic rings. The predicted molar refractivity (Wildman–Crippen MR) is 94.1 cm³/mol. The molecule has 0 aromatic heterocycles. The molecule has 5 heteroatoms. The maximum Gasteiger partial charge on any atom is 0.160 e. The van der Waals surface area contributed by atoms with Gasteiger partial charge in [0.1, 0.15) is 5.75 Å². The van der Waals surface area contributed by atoms with E-state index in [0.29, 0.717) is 6.54 Å². The Bertz CT molecular complexity index is 628. The topological polar surface area (TPSA) is 60.0 Å². The summed E-state index contributed by atoms with van der Waals surface area (Å²) in [5.74, 6) is 2.24. The third kappa shape index (κ3) is 4.88. The molecule has 0 spiro atoms. The fraction of sp³-hybridized carbons (Fsp3) is 0.368. The summed E-state index contributed by atoms with van der Waals surface area (Å²) in [6, 6.07) is 13.3. The number of nitrogens with one attached hydrogen (secondary N) is 1. The number of aliphatic hydroxyl groups is 1. The molecule has 0 aliphatic carbocycles. The number of rotatable bonds is 9. The molecule has 0 saturated heterocycles. The molecular weight excluding hydrogens is 306 g/mol. The van der Waals surface area contributed by atoms with E-state index in [2.05, 4.69) is 5.32 Å². The van der Waals surface area contributed by atoms with E-state index >= 15 is 0 Å². The zero-order chi connectivity index (χ0) is 17.4. The molecule has 0 fully saturated rings. The zero-order valence-electron chi connectivity index (χ0n) is 14.4. The Balaban J connectivity index is 1.79. The van der Waals surface area contributed by atoms with Crippen molar-refractivity contribution in [1.82, 2.24) is 5.32 Å². The van der Waals surface area contributed by atoms with Gasteiger partial charge in [0.2, 0.25) is 0 Å². The summed E-state index contributed by atoms with van der Waals surface area (Å²) in [7, 11) is 4.88. The Morgan fingerprint density at radius 3 is 2.25 bits per heavy atom. The smallest absolute Gasteiger partial charge is 0.160 e. The SMILES string of the molecule is COc1ccc([C@@H](O)CNCCc2ccc(OC)c(OC)c2)cc1. The third-order valence-electron chi connectivity index (χ3n) is 3.88. The van der Waals surface area contributed by atoms with E-state index in [-0.39, 0.29) is 0 Å². The summed E-state index contributed by atoms with van der Waals surface area (Å²) in [5.41, 5.74) is 2.02. The van der Waals surface area contributed by atoms with Crippen molar-refractivity contribution in [2.24, 2.45) is 0 Å². The van der Waals surface area contributed by atoms with Crippen LogP contribution in [0.25, 0.3) is 0 Å². The van der Waals surface area contributed by atoms with E-state index < -0.39 is 6.10 Å². The maximum absolute atomic E-state index is 10.2. The zero-order valence-corrected chi connectivity index (χ0v) is 14.4. The molecule has 5 nitrogen and oxygen atoms in total. The van der Waals surface area contributed by atoms with Gasteiger partial charge < -0.3 is 24.6 Å². The van der Waals surface area contributed by atoms with Crippen LogP contribution in [0.5, 0.6) is 17.2 Å². The Kier molecular flexibility index (Phi) is 6.90. The molecule has 2 N–H and O–H groups in total. The molecule has 1 atom stereocenters. The van der Waals surface area contributed by atoms with Crippen LogP contribution in [0.15, 0.2) is 42.5 Å². The maximum atomic E-state index is 10.2. The minimum absolute atomic E-state index is 0.500. The summed E-state index contributed by atoms with van der Waals surface area (Å²) >= 11 is 0. The summed E-state index contributed by atoms with van der Waals surface area (Å²) in [5, 5.41) is 13.5. The van der Waals surface area contributed by atoms with Crippen LogP contribution in [0.2, 0.25) is 0 Å². The lowest BCUT2D eigenvalue weighted by atomic mass is 10.1. The van der Waals surface area contributed by atoms with Gasteiger partial charge in [0.15, 0.2) is 11.5 Å². The van der Waals surface area contributed by atoms with Crippen molar-refractivity contribution in [3.8, 4) is 17.2 Å². The van der Waals surface area contributed by atoms with Gasteiger partial charge in [0, 0.05) is 6.54 Å². The molecule has 2 aromatic rings. The fourth-order valence-electron chi connectivity index (χ4n) is 2.45. The van der Waals surface area contributed by atoms with Gasteiger partial charge in [-0.25, -0.2) is 0 Å². The Morgan fingerprint density at radius 2 is 1.62 bits per heavy atom. The highest BCUT2D eigenvalue weighted by Crippen LogP contribution is 2.27. The van der Waals surface area contributed by atoms with Crippen LogP contribution in [-0.2, 0) is 6.42 Å². The minimum atomic E-state index is -0.540. The molecule has 130 valence electrons. The fourth-order valence-corrected chi connectivity index (χ4v) is 2.45. The predicted octanol–water partition coefficient (Wildman–Crippen LogP) is 2.58. The van der Waals surface area contributed by atoms with E-state index in [0.717, 1.165) is 41.3 Å². The number of benzene rings is 2. The molecule has 2 rings (SSSR count). The van der Waals surface area contributed by atoms with Crippen LogP contribution >= 0.6 is 0 Å². The van der Waals surface area contributed by atoms with Gasteiger partial charge in [-0.15, -0.1) is 0 Å². The van der Waals surface area contributed by atoms with Crippen molar-refractivity contribution in [1.29, 1.82) is 0 Å². The lowest BCUT2D eigenvalue weighted by molar-refractivity contribution is 0.175. The van der Waals surface area contributed by atoms with Crippen LogP contribution in [0, 0.1) is 0 Å². The first kappa shape index (κ1) is 18.1. The number of ether oxygens (including phenoxy) is 3. The van der Waals surface area contributed by atoms with Gasteiger partial charge in [0.05, 0.1) is 27.4 Å². The van der Waals surface area contributed by atoms with Crippen LogP contribution in [-0.4, -0.2) is 39.5 Å². The van der Waals surface area contributed by atoms with E-state index in [1.807, 2.05) is 42.5 Å². The summed E-state index contributed by atoms with van der Waals surface area (Å²) < 4.78 is 15.6. The Hall–Kier alpha value is -2.24. The van der Waals surface area contributed by atoms with E-state index in [1.165, 1.54) is 0 Å². The third-order valence-corrected chi connectivity index (χ3v) is 3.88. The van der Waals surface area contributed by atoms with Crippen LogP contribution in [0.3, 0.4) is 0 Å². The van der Waals surface area contributed by atoms with Crippen molar-refractivity contribution in [2.45, 2.75) is 12.5 Å². The normalized spacial score (nSPS) is 11.8. The highest BCUT2D eigenvalue weighted by atomic mass is 16.5. The van der Waals surface area contributed by atoms with Gasteiger partial charge >= 0.3 is 0 Å². The molecule has 24 heavy (non-hydrogen) atoms. The molecule has 0 radical (unpaired) electrons. The standard InChI is InChI=1S/C19H25NO4/c1-22-16-7-5-15(6-8-16)17(21)13-20-11-10-14-4-9-18(23-2)19(12-14)24-3/h4-9,12,17,20-21H,10-11,13H2,1-3H3/t17-/m0/s1. The molecule has 0 amide bonds. The van der Waals surface area contributed by atoms with Crippen molar-refractivity contribution in [3.05, 3.63) is 53.6 Å². The van der Waals surface area contributed by atoms with Gasteiger partial charge in [-0.3, -0.25) is 0 Å². The largest absolute Gasteiger partial charge is 0.497 e. The van der Waals surface area contributed by atoms with Crippen LogP contribution in [0.1, 0.15) is 17.2 Å². The molecule has 0 heterocycles. The summed E-state index contributed by atoms with van der Waals surface area (Å²) in [6.45, 7) is 1.27. The van der Waals surface area contributed by atoms with Crippen LogP contribution < -0.4 is 19.5 Å². The van der Waals surface area contributed by atoms with Gasteiger partial charge in [-0.2, -0.15) is 0 Å². The summed E-state index contributed by atoms with van der Waals surface area (Å²) in [6.07, 6.45) is 0.302. The monoisotopic (exact) mass is 331 g/mol. The number of hydrogen-bond donors (Lipinski definition) is 2. The molecule has 0 bridgehead atoms. The first-order valence-electron chi connectivity index (χ1n) is 7.91. The van der Waals surface area contributed by atoms with Crippen molar-refractivity contribution in [2.75, 3.05) is 34.4 Å². The van der Waals surface area contributed by atoms with Crippen molar-refractivity contribution in [3.63, 3.8) is 0 Å². The Morgan fingerprint density at radius 1 is 0.917 bits per heavy atom. The average Bonchev–Trinajstić information content (AvgIpc) is 2.64. The van der Waals surface area contributed by atoms with E-state index in [9.17, 15) is 5.11 Å². The first-order valence-corrected chi connectivity index (χ1v) is 7.91. The highest BCUT2D eigenvalue weighted by molar-refractivity contribution is 5.42. The van der Waals surface area contributed by atoms with Crippen molar-refractivity contribution < 1.29 is 19.3 Å². The quantitative estimate of drug-likeness (QED) is 0.692. The second-order valence-electron chi connectivity index (χ2n) is 5.43. The summed E-state index contributed by atoms with van der Waals surface area (Å²) in [4.78, 5) is 0. The average molecular weight is 331 g/mol. The molecule has 0 saturated carbocycles. The van der Waals surface area contributed by atoms with Gasteiger partial charge in [0.25, 0.3) is 0 Å². The second kappa shape index (κ2) is 9.15. The van der Waals surface area contributed by atoms with Crippen LogP contribution in [0.4, 0.5) is 0 Å². The lowest BCUT2D eigenvalue weighted by Crippen LogP contribution is -2.23.